The highest BCUT2D eigenvalue weighted by Crippen LogP contribution is 2.33. The Labute approximate surface area is 151 Å². The smallest absolute Gasteiger partial charge is 0.310 e. The summed E-state index contributed by atoms with van der Waals surface area (Å²) < 4.78 is 30.3. The zero-order chi connectivity index (χ0) is 18.4. The number of aryl methyl sites for hydroxylation is 1. The molecule has 2 aromatic rings. The van der Waals surface area contributed by atoms with Crippen LogP contribution in [0.15, 0.2) is 30.3 Å². The van der Waals surface area contributed by atoms with Gasteiger partial charge in [0.05, 0.1) is 17.2 Å². The molecular formula is C19H20ClFO4. The quantitative estimate of drug-likeness (QED) is 0.506. The second-order valence-corrected chi connectivity index (χ2v) is 5.72. The SMILES string of the molecule is CCOc1cccc(OC(=O)CC)c1COc1cc(F)c(C)cc1Cl. The Hall–Kier alpha value is -2.27. The van der Waals surface area contributed by atoms with E-state index in [0.717, 1.165) is 0 Å². The van der Waals surface area contributed by atoms with E-state index in [2.05, 4.69) is 0 Å². The van der Waals surface area contributed by atoms with E-state index in [4.69, 9.17) is 25.8 Å². The maximum Gasteiger partial charge on any atom is 0.310 e. The van der Waals surface area contributed by atoms with Crippen molar-refractivity contribution in [2.75, 3.05) is 6.61 Å². The molecule has 0 spiro atoms. The molecule has 0 bridgehead atoms. The molecule has 2 aromatic carbocycles. The first kappa shape index (κ1) is 19.1. The molecule has 0 unspecified atom stereocenters. The molecule has 0 aliphatic rings. The fourth-order valence-electron chi connectivity index (χ4n) is 2.16. The Kier molecular flexibility index (Phi) is 6.65. The molecule has 0 aromatic heterocycles. The van der Waals surface area contributed by atoms with Crippen molar-refractivity contribution in [1.82, 2.24) is 0 Å². The molecule has 2 rings (SSSR count). The van der Waals surface area contributed by atoms with Crippen LogP contribution in [0.25, 0.3) is 0 Å². The average molecular weight is 367 g/mol. The first-order valence-electron chi connectivity index (χ1n) is 8.00. The Morgan fingerprint density at radius 3 is 2.52 bits per heavy atom. The molecule has 0 atom stereocenters. The third kappa shape index (κ3) is 4.86. The number of rotatable bonds is 7. The molecule has 0 N–H and O–H groups in total. The van der Waals surface area contributed by atoms with Crippen LogP contribution in [-0.4, -0.2) is 12.6 Å². The largest absolute Gasteiger partial charge is 0.493 e. The average Bonchev–Trinajstić information content (AvgIpc) is 2.58. The monoisotopic (exact) mass is 366 g/mol. The van der Waals surface area contributed by atoms with Crippen molar-refractivity contribution in [1.29, 1.82) is 0 Å². The fraction of sp³-hybridized carbons (Fsp3) is 0.316. The van der Waals surface area contributed by atoms with Gasteiger partial charge in [-0.2, -0.15) is 0 Å². The summed E-state index contributed by atoms with van der Waals surface area (Å²) in [5.74, 6) is 0.322. The van der Waals surface area contributed by atoms with Crippen molar-refractivity contribution in [2.24, 2.45) is 0 Å². The van der Waals surface area contributed by atoms with Gasteiger partial charge in [-0.1, -0.05) is 24.6 Å². The van der Waals surface area contributed by atoms with Gasteiger partial charge >= 0.3 is 5.97 Å². The lowest BCUT2D eigenvalue weighted by molar-refractivity contribution is -0.134. The van der Waals surface area contributed by atoms with Crippen molar-refractivity contribution in [3.63, 3.8) is 0 Å². The lowest BCUT2D eigenvalue weighted by Crippen LogP contribution is -2.10. The van der Waals surface area contributed by atoms with Crippen LogP contribution in [0.2, 0.25) is 5.02 Å². The third-order valence-electron chi connectivity index (χ3n) is 3.49. The topological polar surface area (TPSA) is 44.8 Å². The maximum absolute atomic E-state index is 13.7. The number of carbonyl (C=O) groups excluding carboxylic acids is 1. The van der Waals surface area contributed by atoms with Crippen LogP contribution in [0.5, 0.6) is 17.2 Å². The molecule has 0 aliphatic carbocycles. The summed E-state index contributed by atoms with van der Waals surface area (Å²) in [7, 11) is 0. The molecule has 4 nitrogen and oxygen atoms in total. The summed E-state index contributed by atoms with van der Waals surface area (Å²) in [5.41, 5.74) is 0.993. The van der Waals surface area contributed by atoms with E-state index in [1.807, 2.05) is 6.92 Å². The van der Waals surface area contributed by atoms with Gasteiger partial charge in [0.2, 0.25) is 0 Å². The number of ether oxygens (including phenoxy) is 3. The van der Waals surface area contributed by atoms with Crippen molar-refractivity contribution in [3.05, 3.63) is 52.3 Å². The lowest BCUT2D eigenvalue weighted by atomic mass is 10.2. The van der Waals surface area contributed by atoms with Gasteiger partial charge in [0.25, 0.3) is 0 Å². The van der Waals surface area contributed by atoms with Gasteiger partial charge in [-0.05, 0) is 37.6 Å². The molecule has 134 valence electrons. The van der Waals surface area contributed by atoms with E-state index in [1.54, 1.807) is 32.0 Å². The Bertz CT molecular complexity index is 761. The summed E-state index contributed by atoms with van der Waals surface area (Å²) in [4.78, 5) is 11.6. The highest BCUT2D eigenvalue weighted by Gasteiger charge is 2.16. The second kappa shape index (κ2) is 8.72. The van der Waals surface area contributed by atoms with Crippen molar-refractivity contribution < 1.29 is 23.4 Å². The van der Waals surface area contributed by atoms with Crippen LogP contribution in [0, 0.1) is 12.7 Å². The van der Waals surface area contributed by atoms with E-state index in [9.17, 15) is 9.18 Å². The van der Waals surface area contributed by atoms with Crippen molar-refractivity contribution in [3.8, 4) is 17.2 Å². The summed E-state index contributed by atoms with van der Waals surface area (Å²) in [6.07, 6.45) is 0.244. The summed E-state index contributed by atoms with van der Waals surface area (Å²) in [6.45, 7) is 5.64. The van der Waals surface area contributed by atoms with Crippen LogP contribution in [0.4, 0.5) is 4.39 Å². The van der Waals surface area contributed by atoms with Crippen LogP contribution in [0.3, 0.4) is 0 Å². The Balaban J connectivity index is 2.30. The van der Waals surface area contributed by atoms with Gasteiger partial charge in [-0.25, -0.2) is 4.39 Å². The standard InChI is InChI=1S/C19H20ClFO4/c1-4-19(22)25-17-8-6-7-16(23-5-2)13(17)11-24-18-10-15(21)12(3)9-14(18)20/h6-10H,4-5,11H2,1-3H3. The van der Waals surface area contributed by atoms with Crippen LogP contribution >= 0.6 is 11.6 Å². The molecule has 6 heteroatoms. The molecule has 0 heterocycles. The van der Waals surface area contributed by atoms with E-state index in [-0.39, 0.29) is 24.7 Å². The minimum atomic E-state index is -0.407. The van der Waals surface area contributed by atoms with E-state index >= 15 is 0 Å². The summed E-state index contributed by atoms with van der Waals surface area (Å²) in [5, 5.41) is 0.305. The second-order valence-electron chi connectivity index (χ2n) is 5.31. The molecule has 25 heavy (non-hydrogen) atoms. The normalized spacial score (nSPS) is 10.4. The predicted molar refractivity (Wildman–Crippen MR) is 94.0 cm³/mol. The number of esters is 1. The van der Waals surface area contributed by atoms with E-state index < -0.39 is 5.82 Å². The van der Waals surface area contributed by atoms with E-state index in [0.29, 0.717) is 34.3 Å². The molecular weight excluding hydrogens is 347 g/mol. The molecule has 0 amide bonds. The minimum Gasteiger partial charge on any atom is -0.493 e. The van der Waals surface area contributed by atoms with E-state index in [1.165, 1.54) is 12.1 Å². The van der Waals surface area contributed by atoms with Gasteiger partial charge in [-0.3, -0.25) is 4.79 Å². The first-order valence-corrected chi connectivity index (χ1v) is 8.37. The maximum atomic E-state index is 13.7. The third-order valence-corrected chi connectivity index (χ3v) is 3.78. The highest BCUT2D eigenvalue weighted by molar-refractivity contribution is 6.32. The van der Waals surface area contributed by atoms with Gasteiger partial charge < -0.3 is 14.2 Å². The zero-order valence-corrected chi connectivity index (χ0v) is 15.2. The minimum absolute atomic E-state index is 0.0186. The number of carbonyl (C=O) groups is 1. The Morgan fingerprint density at radius 1 is 1.12 bits per heavy atom. The highest BCUT2D eigenvalue weighted by atomic mass is 35.5. The molecule has 0 aliphatic heterocycles. The molecule has 0 fully saturated rings. The number of benzene rings is 2. The molecule has 0 saturated carbocycles. The number of hydrogen-bond acceptors (Lipinski definition) is 4. The van der Waals surface area contributed by atoms with Gasteiger partial charge in [-0.15, -0.1) is 0 Å². The first-order chi connectivity index (χ1) is 12.0. The summed E-state index contributed by atoms with van der Waals surface area (Å²) in [6, 6.07) is 7.87. The van der Waals surface area contributed by atoms with Crippen LogP contribution < -0.4 is 14.2 Å². The predicted octanol–water partition coefficient (Wildman–Crippen LogP) is 5.08. The molecule has 0 radical (unpaired) electrons. The van der Waals surface area contributed by atoms with Crippen LogP contribution in [0.1, 0.15) is 31.4 Å². The Morgan fingerprint density at radius 2 is 1.84 bits per heavy atom. The van der Waals surface area contributed by atoms with Crippen molar-refractivity contribution >= 4 is 17.6 Å². The lowest BCUT2D eigenvalue weighted by Gasteiger charge is -2.16. The molecule has 0 saturated heterocycles. The van der Waals surface area contributed by atoms with Gasteiger partial charge in [0.15, 0.2) is 0 Å². The number of halogens is 2. The van der Waals surface area contributed by atoms with Crippen LogP contribution in [-0.2, 0) is 11.4 Å². The van der Waals surface area contributed by atoms with Gasteiger partial charge in [0, 0.05) is 12.5 Å². The van der Waals surface area contributed by atoms with Gasteiger partial charge in [0.1, 0.15) is 29.7 Å². The number of hydrogen-bond donors (Lipinski definition) is 0. The van der Waals surface area contributed by atoms with Crippen molar-refractivity contribution in [2.45, 2.75) is 33.8 Å². The zero-order valence-electron chi connectivity index (χ0n) is 14.4. The summed E-state index contributed by atoms with van der Waals surface area (Å²) >= 11 is 6.11. The fourth-order valence-corrected chi connectivity index (χ4v) is 2.43.